The molecule has 142 valence electrons. The maximum atomic E-state index is 13.0. The van der Waals surface area contributed by atoms with E-state index in [1.165, 1.54) is 0 Å². The van der Waals surface area contributed by atoms with E-state index in [-0.39, 0.29) is 17.7 Å². The molecule has 1 N–H and O–H groups in total. The van der Waals surface area contributed by atoms with Crippen LogP contribution in [0.2, 0.25) is 0 Å². The third kappa shape index (κ3) is 4.13. The predicted molar refractivity (Wildman–Crippen MR) is 109 cm³/mol. The Kier molecular flexibility index (Phi) is 5.79. The topological polar surface area (TPSA) is 52.7 Å². The van der Waals surface area contributed by atoms with Crippen LogP contribution in [0.15, 0.2) is 48.5 Å². The minimum absolute atomic E-state index is 0.00835. The predicted octanol–water partition coefficient (Wildman–Crippen LogP) is 3.02. The van der Waals surface area contributed by atoms with Crippen molar-refractivity contribution in [2.24, 2.45) is 5.92 Å². The Morgan fingerprint density at radius 1 is 1.15 bits per heavy atom. The highest BCUT2D eigenvalue weighted by atomic mass is 16.2. The monoisotopic (exact) mass is 365 g/mol. The molecule has 3 rings (SSSR count). The van der Waals surface area contributed by atoms with Crippen molar-refractivity contribution in [1.82, 2.24) is 10.2 Å². The molecule has 1 saturated heterocycles. The zero-order chi connectivity index (χ0) is 19.4. The fraction of sp³-hybridized carbons (Fsp3) is 0.364. The van der Waals surface area contributed by atoms with Gasteiger partial charge in [0.05, 0.1) is 5.92 Å². The first-order valence-corrected chi connectivity index (χ1v) is 9.45. The summed E-state index contributed by atoms with van der Waals surface area (Å²) in [5.41, 5.74) is 3.89. The molecule has 0 saturated carbocycles. The Bertz CT molecular complexity index is 832. The average Bonchev–Trinajstić information content (AvgIpc) is 3.18. The van der Waals surface area contributed by atoms with Crippen LogP contribution < -0.4 is 10.2 Å². The number of anilines is 1. The molecule has 0 aromatic heterocycles. The van der Waals surface area contributed by atoms with Crippen LogP contribution in [0.5, 0.6) is 0 Å². The summed E-state index contributed by atoms with van der Waals surface area (Å²) < 4.78 is 0. The lowest BCUT2D eigenvalue weighted by atomic mass is 10.0. The lowest BCUT2D eigenvalue weighted by Crippen LogP contribution is -2.34. The van der Waals surface area contributed by atoms with Gasteiger partial charge in [-0.15, -0.1) is 0 Å². The summed E-state index contributed by atoms with van der Waals surface area (Å²) in [4.78, 5) is 28.9. The number of hydrogen-bond donors (Lipinski definition) is 1. The third-order valence-corrected chi connectivity index (χ3v) is 5.00. The molecule has 2 aromatic rings. The molecule has 0 radical (unpaired) electrons. The molecule has 0 spiro atoms. The van der Waals surface area contributed by atoms with Crippen LogP contribution in [0.4, 0.5) is 5.69 Å². The first-order chi connectivity index (χ1) is 13.0. The summed E-state index contributed by atoms with van der Waals surface area (Å²) in [7, 11) is 4.03. The number of nitrogens with zero attached hydrogens (tertiary/aromatic N) is 2. The number of carbonyl (C=O) groups excluding carboxylic acids is 2. The normalized spacial score (nSPS) is 16.3. The van der Waals surface area contributed by atoms with E-state index < -0.39 is 0 Å². The number of hydrogen-bond acceptors (Lipinski definition) is 3. The summed E-state index contributed by atoms with van der Waals surface area (Å²) in [6, 6.07) is 15.9. The molecule has 0 unspecified atom stereocenters. The maximum absolute atomic E-state index is 13.0. The van der Waals surface area contributed by atoms with Crippen molar-refractivity contribution in [3.63, 3.8) is 0 Å². The molecule has 0 aliphatic carbocycles. The van der Waals surface area contributed by atoms with E-state index in [4.69, 9.17) is 0 Å². The average molecular weight is 365 g/mol. The van der Waals surface area contributed by atoms with Gasteiger partial charge >= 0.3 is 0 Å². The van der Waals surface area contributed by atoms with Gasteiger partial charge in [0.2, 0.25) is 5.91 Å². The van der Waals surface area contributed by atoms with Gasteiger partial charge in [0.15, 0.2) is 0 Å². The number of carbonyl (C=O) groups is 2. The molecule has 1 aliphatic heterocycles. The van der Waals surface area contributed by atoms with Crippen LogP contribution in [0.3, 0.4) is 0 Å². The van der Waals surface area contributed by atoms with Gasteiger partial charge in [0.1, 0.15) is 0 Å². The number of nitrogens with one attached hydrogen (secondary N) is 1. The molecule has 1 fully saturated rings. The van der Waals surface area contributed by atoms with E-state index >= 15 is 0 Å². The van der Waals surface area contributed by atoms with Gasteiger partial charge in [-0.05, 0) is 37.1 Å². The number of rotatable bonds is 5. The van der Waals surface area contributed by atoms with Gasteiger partial charge < -0.3 is 15.1 Å². The Morgan fingerprint density at radius 2 is 1.93 bits per heavy atom. The highest BCUT2D eigenvalue weighted by Gasteiger charge is 2.31. The molecule has 1 aliphatic rings. The molecule has 5 nitrogen and oxygen atoms in total. The fourth-order valence-electron chi connectivity index (χ4n) is 3.59. The largest absolute Gasteiger partial charge is 0.377 e. The highest BCUT2D eigenvalue weighted by molar-refractivity contribution is 5.96. The molecule has 2 amide bonds. The van der Waals surface area contributed by atoms with Gasteiger partial charge in [-0.2, -0.15) is 0 Å². The highest BCUT2D eigenvalue weighted by Crippen LogP contribution is 2.30. The van der Waals surface area contributed by atoms with Crippen LogP contribution in [-0.2, 0) is 4.79 Å². The first-order valence-electron chi connectivity index (χ1n) is 9.45. The Labute approximate surface area is 161 Å². The van der Waals surface area contributed by atoms with E-state index in [0.717, 1.165) is 23.2 Å². The van der Waals surface area contributed by atoms with E-state index in [1.807, 2.05) is 57.4 Å². The Morgan fingerprint density at radius 3 is 2.67 bits per heavy atom. The number of likely N-dealkylation sites (tertiary alicyclic amines) is 1. The molecule has 27 heavy (non-hydrogen) atoms. The standard InChI is InChI=1S/C22H27N3O2/c1-4-23-21(26)18-12-13-25(15-18)22(27)17-9-7-8-16(14-17)19-10-5-6-11-20(19)24(2)3/h5-11,14,18H,4,12-13,15H2,1-3H3,(H,23,26)/t18-/m0/s1. The summed E-state index contributed by atoms with van der Waals surface area (Å²) in [6.07, 6.45) is 0.723. The smallest absolute Gasteiger partial charge is 0.253 e. The van der Waals surface area contributed by atoms with Crippen molar-refractivity contribution < 1.29 is 9.59 Å². The maximum Gasteiger partial charge on any atom is 0.253 e. The molecule has 1 atom stereocenters. The van der Waals surface area contributed by atoms with Gasteiger partial charge in [0, 0.05) is 50.5 Å². The van der Waals surface area contributed by atoms with Crippen LogP contribution in [0.1, 0.15) is 23.7 Å². The van der Waals surface area contributed by atoms with Crippen LogP contribution in [-0.4, -0.2) is 50.4 Å². The summed E-state index contributed by atoms with van der Waals surface area (Å²) >= 11 is 0. The summed E-state index contributed by atoms with van der Waals surface area (Å²) in [6.45, 7) is 3.64. The number of benzene rings is 2. The fourth-order valence-corrected chi connectivity index (χ4v) is 3.59. The second kappa shape index (κ2) is 8.25. The second-order valence-electron chi connectivity index (χ2n) is 7.12. The summed E-state index contributed by atoms with van der Waals surface area (Å²) in [5.74, 6) is -0.0704. The van der Waals surface area contributed by atoms with Gasteiger partial charge in [-0.1, -0.05) is 30.3 Å². The second-order valence-corrected chi connectivity index (χ2v) is 7.12. The third-order valence-electron chi connectivity index (χ3n) is 5.00. The Balaban J connectivity index is 1.80. The van der Waals surface area contributed by atoms with E-state index in [0.29, 0.717) is 25.2 Å². The quantitative estimate of drug-likeness (QED) is 0.886. The zero-order valence-corrected chi connectivity index (χ0v) is 16.2. The zero-order valence-electron chi connectivity index (χ0n) is 16.2. The number of amides is 2. The van der Waals surface area contributed by atoms with Gasteiger partial charge in [-0.25, -0.2) is 0 Å². The molecule has 1 heterocycles. The molecule has 5 heteroatoms. The summed E-state index contributed by atoms with van der Waals surface area (Å²) in [5, 5.41) is 2.85. The minimum atomic E-state index is -0.105. The van der Waals surface area contributed by atoms with Crippen molar-refractivity contribution in [3.05, 3.63) is 54.1 Å². The number of para-hydroxylation sites is 1. The van der Waals surface area contributed by atoms with Crippen molar-refractivity contribution in [2.45, 2.75) is 13.3 Å². The van der Waals surface area contributed by atoms with Crippen molar-refractivity contribution in [3.8, 4) is 11.1 Å². The van der Waals surface area contributed by atoms with Gasteiger partial charge in [-0.3, -0.25) is 9.59 Å². The van der Waals surface area contributed by atoms with Gasteiger partial charge in [0.25, 0.3) is 5.91 Å². The SMILES string of the molecule is CCNC(=O)[C@H]1CCN(C(=O)c2cccc(-c3ccccc3N(C)C)c2)C1. The van der Waals surface area contributed by atoms with E-state index in [9.17, 15) is 9.59 Å². The van der Waals surface area contributed by atoms with Crippen molar-refractivity contribution >= 4 is 17.5 Å². The molecule has 0 bridgehead atoms. The molecule has 2 aromatic carbocycles. The molecular formula is C22H27N3O2. The van der Waals surface area contributed by atoms with Crippen molar-refractivity contribution in [2.75, 3.05) is 38.6 Å². The minimum Gasteiger partial charge on any atom is -0.377 e. The first kappa shape index (κ1) is 19.0. The van der Waals surface area contributed by atoms with E-state index in [1.54, 1.807) is 4.90 Å². The Hall–Kier alpha value is -2.82. The lowest BCUT2D eigenvalue weighted by Gasteiger charge is -2.19. The van der Waals surface area contributed by atoms with Crippen LogP contribution in [0, 0.1) is 5.92 Å². The van der Waals surface area contributed by atoms with E-state index in [2.05, 4.69) is 22.3 Å². The van der Waals surface area contributed by atoms with Crippen LogP contribution >= 0.6 is 0 Å². The lowest BCUT2D eigenvalue weighted by molar-refractivity contribution is -0.124. The molecular weight excluding hydrogens is 338 g/mol. The van der Waals surface area contributed by atoms with Crippen molar-refractivity contribution in [1.29, 1.82) is 0 Å². The van der Waals surface area contributed by atoms with Crippen LogP contribution in [0.25, 0.3) is 11.1 Å².